The molecule has 0 radical (unpaired) electrons. The van der Waals surface area contributed by atoms with Crippen LogP contribution in [0.2, 0.25) is 0 Å². The van der Waals surface area contributed by atoms with E-state index < -0.39 is 18.1 Å². The molecule has 138 valence electrons. The van der Waals surface area contributed by atoms with E-state index in [9.17, 15) is 22.8 Å². The third-order valence-corrected chi connectivity index (χ3v) is 3.72. The molecule has 0 saturated heterocycles. The minimum atomic E-state index is -5.25. The fraction of sp³-hybridized carbons (Fsp3) is 0.105. The summed E-state index contributed by atoms with van der Waals surface area (Å²) in [6.07, 6.45) is 0.934. The number of aromatic nitrogens is 2. The maximum absolute atomic E-state index is 12.4. The molecule has 1 aromatic carbocycles. The molecular formula is C19H13F3N2O3. The van der Waals surface area contributed by atoms with Crippen LogP contribution < -0.4 is 0 Å². The van der Waals surface area contributed by atoms with Gasteiger partial charge in [-0.2, -0.15) is 13.2 Å². The van der Waals surface area contributed by atoms with Gasteiger partial charge in [0.05, 0.1) is 5.56 Å². The Morgan fingerprint density at radius 2 is 1.67 bits per heavy atom. The highest BCUT2D eigenvalue weighted by atomic mass is 19.4. The molecule has 2 aromatic heterocycles. The summed E-state index contributed by atoms with van der Waals surface area (Å²) in [4.78, 5) is 27.1. The van der Waals surface area contributed by atoms with E-state index in [2.05, 4.69) is 9.72 Å². The van der Waals surface area contributed by atoms with E-state index >= 15 is 0 Å². The van der Waals surface area contributed by atoms with E-state index in [0.717, 1.165) is 5.56 Å². The molecule has 0 fully saturated rings. The third kappa shape index (κ3) is 4.41. The van der Waals surface area contributed by atoms with Crippen molar-refractivity contribution in [2.24, 2.45) is 0 Å². The van der Waals surface area contributed by atoms with Crippen LogP contribution >= 0.6 is 0 Å². The molecule has 8 heteroatoms. The van der Waals surface area contributed by atoms with Crippen molar-refractivity contribution in [1.29, 1.82) is 0 Å². The first-order valence-corrected chi connectivity index (χ1v) is 7.82. The van der Waals surface area contributed by atoms with E-state index in [1.54, 1.807) is 65.6 Å². The molecule has 0 spiro atoms. The first-order chi connectivity index (χ1) is 12.8. The van der Waals surface area contributed by atoms with Crippen LogP contribution in [0.1, 0.15) is 15.9 Å². The maximum atomic E-state index is 12.4. The van der Waals surface area contributed by atoms with Gasteiger partial charge in [-0.1, -0.05) is 30.3 Å². The van der Waals surface area contributed by atoms with Crippen molar-refractivity contribution in [1.82, 2.24) is 9.55 Å². The molecule has 0 aliphatic heterocycles. The van der Waals surface area contributed by atoms with Crippen molar-refractivity contribution >= 4 is 11.9 Å². The molecule has 27 heavy (non-hydrogen) atoms. The lowest BCUT2D eigenvalue weighted by atomic mass is 10.1. The Morgan fingerprint density at radius 1 is 1.00 bits per heavy atom. The predicted octanol–water partition coefficient (Wildman–Crippen LogP) is 3.84. The molecule has 0 amide bonds. The van der Waals surface area contributed by atoms with Crippen LogP contribution in [0.4, 0.5) is 13.2 Å². The largest absolute Gasteiger partial charge is 0.491 e. The summed E-state index contributed by atoms with van der Waals surface area (Å²) >= 11 is 0. The topological polar surface area (TPSA) is 61.2 Å². The van der Waals surface area contributed by atoms with E-state index in [4.69, 9.17) is 0 Å². The van der Waals surface area contributed by atoms with Crippen molar-refractivity contribution in [3.63, 3.8) is 0 Å². The Morgan fingerprint density at radius 3 is 2.30 bits per heavy atom. The Hall–Kier alpha value is -3.42. The molecule has 0 bridgehead atoms. The van der Waals surface area contributed by atoms with Gasteiger partial charge in [0.15, 0.2) is 0 Å². The molecule has 0 N–H and O–H groups in total. The Kier molecular flexibility index (Phi) is 5.07. The normalized spacial score (nSPS) is 11.2. The number of ether oxygens (including phenoxy) is 1. The van der Waals surface area contributed by atoms with Crippen molar-refractivity contribution in [2.45, 2.75) is 12.7 Å². The summed E-state index contributed by atoms with van der Waals surface area (Å²) < 4.78 is 42.8. The lowest BCUT2D eigenvalue weighted by molar-refractivity contribution is -0.193. The molecule has 0 aliphatic carbocycles. The van der Waals surface area contributed by atoms with Gasteiger partial charge in [-0.15, -0.1) is 0 Å². The van der Waals surface area contributed by atoms with Crippen LogP contribution in [0.15, 0.2) is 67.3 Å². The SMILES string of the molecule is O=C(OC(=O)C(F)(F)F)c1cn(Cc2ccncc2)cc1-c1ccccc1. The minimum Gasteiger partial charge on any atom is -0.383 e. The lowest BCUT2D eigenvalue weighted by Gasteiger charge is -2.06. The number of carbonyl (C=O) groups excluding carboxylic acids is 2. The lowest BCUT2D eigenvalue weighted by Crippen LogP contribution is -2.28. The fourth-order valence-electron chi connectivity index (χ4n) is 2.51. The van der Waals surface area contributed by atoms with Crippen LogP contribution in [0, 0.1) is 0 Å². The van der Waals surface area contributed by atoms with E-state index in [-0.39, 0.29) is 5.56 Å². The van der Waals surface area contributed by atoms with E-state index in [1.165, 1.54) is 6.20 Å². The van der Waals surface area contributed by atoms with Crippen molar-refractivity contribution in [3.05, 3.63) is 78.4 Å². The summed E-state index contributed by atoms with van der Waals surface area (Å²) in [5, 5.41) is 0. The maximum Gasteiger partial charge on any atom is 0.491 e. The average molecular weight is 374 g/mol. The van der Waals surface area contributed by atoms with Crippen LogP contribution in [0.25, 0.3) is 11.1 Å². The number of hydrogen-bond acceptors (Lipinski definition) is 4. The molecule has 0 aliphatic rings. The second-order valence-electron chi connectivity index (χ2n) is 5.65. The molecular weight excluding hydrogens is 361 g/mol. The van der Waals surface area contributed by atoms with Crippen LogP contribution in [0.5, 0.6) is 0 Å². The highest BCUT2D eigenvalue weighted by molar-refractivity contribution is 6.02. The Balaban J connectivity index is 1.95. The molecule has 3 rings (SSSR count). The smallest absolute Gasteiger partial charge is 0.383 e. The molecule has 0 atom stereocenters. The number of carbonyl (C=O) groups is 2. The summed E-state index contributed by atoms with van der Waals surface area (Å²) in [7, 11) is 0. The molecule has 0 saturated carbocycles. The second-order valence-corrected chi connectivity index (χ2v) is 5.65. The zero-order chi connectivity index (χ0) is 19.4. The van der Waals surface area contributed by atoms with Crippen molar-refractivity contribution in [2.75, 3.05) is 0 Å². The second kappa shape index (κ2) is 7.45. The number of nitrogens with zero attached hydrogens (tertiary/aromatic N) is 2. The van der Waals surface area contributed by atoms with Gasteiger partial charge in [-0.05, 0) is 23.3 Å². The summed E-state index contributed by atoms with van der Waals surface area (Å²) in [5.41, 5.74) is 1.72. The van der Waals surface area contributed by atoms with Gasteiger partial charge >= 0.3 is 18.1 Å². The first kappa shape index (κ1) is 18.4. The molecule has 3 aromatic rings. The third-order valence-electron chi connectivity index (χ3n) is 3.72. The summed E-state index contributed by atoms with van der Waals surface area (Å²) in [5.74, 6) is -3.90. The minimum absolute atomic E-state index is 0.132. The Bertz CT molecular complexity index is 951. The number of esters is 2. The van der Waals surface area contributed by atoms with Crippen molar-refractivity contribution < 1.29 is 27.5 Å². The zero-order valence-corrected chi connectivity index (χ0v) is 13.8. The van der Waals surface area contributed by atoms with Gasteiger partial charge in [-0.3, -0.25) is 4.98 Å². The van der Waals surface area contributed by atoms with Gasteiger partial charge in [0, 0.05) is 36.9 Å². The number of rotatable bonds is 4. The standard InChI is InChI=1S/C19H13F3N2O3/c20-19(21,22)18(26)27-17(25)16-12-24(10-13-6-8-23-9-7-13)11-15(16)14-4-2-1-3-5-14/h1-9,11-12H,10H2. The van der Waals surface area contributed by atoms with Gasteiger partial charge in [0.25, 0.3) is 0 Å². The van der Waals surface area contributed by atoms with Crippen LogP contribution in [-0.4, -0.2) is 27.7 Å². The van der Waals surface area contributed by atoms with Crippen molar-refractivity contribution in [3.8, 4) is 11.1 Å². The number of alkyl halides is 3. The number of pyridine rings is 1. The number of benzene rings is 1. The molecule has 5 nitrogen and oxygen atoms in total. The first-order valence-electron chi connectivity index (χ1n) is 7.82. The van der Waals surface area contributed by atoms with Crippen LogP contribution in [0.3, 0.4) is 0 Å². The summed E-state index contributed by atoms with van der Waals surface area (Å²) in [6, 6.07) is 12.2. The quantitative estimate of drug-likeness (QED) is 0.514. The average Bonchev–Trinajstić information content (AvgIpc) is 3.06. The Labute approximate surface area is 152 Å². The highest BCUT2D eigenvalue weighted by Gasteiger charge is 2.43. The monoisotopic (exact) mass is 374 g/mol. The number of halogens is 3. The van der Waals surface area contributed by atoms with Crippen LogP contribution in [-0.2, 0) is 16.1 Å². The van der Waals surface area contributed by atoms with Gasteiger partial charge in [-0.25, -0.2) is 9.59 Å². The predicted molar refractivity (Wildman–Crippen MR) is 89.7 cm³/mol. The van der Waals surface area contributed by atoms with E-state index in [1.807, 2.05) is 0 Å². The highest BCUT2D eigenvalue weighted by Crippen LogP contribution is 2.27. The fourth-order valence-corrected chi connectivity index (χ4v) is 2.51. The number of hydrogen-bond donors (Lipinski definition) is 0. The molecule has 0 unspecified atom stereocenters. The van der Waals surface area contributed by atoms with Gasteiger partial charge in [0.1, 0.15) is 0 Å². The summed E-state index contributed by atoms with van der Waals surface area (Å²) in [6.45, 7) is 0.364. The molecule has 2 heterocycles. The van der Waals surface area contributed by atoms with Gasteiger partial charge < -0.3 is 9.30 Å². The zero-order valence-electron chi connectivity index (χ0n) is 13.8. The van der Waals surface area contributed by atoms with E-state index in [0.29, 0.717) is 17.7 Å². The van der Waals surface area contributed by atoms with Gasteiger partial charge in [0.2, 0.25) is 0 Å².